The van der Waals surface area contributed by atoms with E-state index in [2.05, 4.69) is 36.3 Å². The third kappa shape index (κ3) is 3.23. The fourth-order valence-corrected chi connectivity index (χ4v) is 3.70. The minimum atomic E-state index is 0.512. The van der Waals surface area contributed by atoms with Crippen LogP contribution in [0.2, 0.25) is 0 Å². The Hall–Kier alpha value is -0.740. The molecule has 0 atom stereocenters. The molecule has 0 amide bonds. The Kier molecular flexibility index (Phi) is 5.11. The average Bonchev–Trinajstić information content (AvgIpc) is 2.46. The van der Waals surface area contributed by atoms with Crippen LogP contribution in [-0.4, -0.2) is 24.3 Å². The number of rotatable bonds is 4. The zero-order valence-corrected chi connectivity index (χ0v) is 13.3. The fourth-order valence-electron chi connectivity index (χ4n) is 2.78. The molecule has 104 valence electrons. The van der Waals surface area contributed by atoms with Gasteiger partial charge in [0.25, 0.3) is 0 Å². The van der Waals surface area contributed by atoms with Crippen LogP contribution < -0.4 is 10.6 Å². The minimum Gasteiger partial charge on any atom is -0.389 e. The van der Waals surface area contributed by atoms with E-state index in [9.17, 15) is 0 Å². The van der Waals surface area contributed by atoms with Crippen molar-refractivity contribution < 1.29 is 0 Å². The van der Waals surface area contributed by atoms with Gasteiger partial charge in [0.1, 0.15) is 4.99 Å². The monoisotopic (exact) mass is 294 g/mol. The first-order valence-electron chi connectivity index (χ1n) is 6.89. The zero-order valence-electron chi connectivity index (χ0n) is 11.7. The molecule has 1 saturated heterocycles. The summed E-state index contributed by atoms with van der Waals surface area (Å²) in [5.74, 6) is 0.883. The average molecular weight is 294 g/mol. The maximum absolute atomic E-state index is 5.94. The van der Waals surface area contributed by atoms with Crippen molar-refractivity contribution in [3.8, 4) is 0 Å². The third-order valence-corrected chi connectivity index (χ3v) is 4.99. The van der Waals surface area contributed by atoms with Gasteiger partial charge in [-0.15, -0.1) is 11.8 Å². The molecule has 1 aliphatic heterocycles. The Balaban J connectivity index is 2.27. The molecule has 1 aromatic rings. The Morgan fingerprint density at radius 1 is 1.42 bits per heavy atom. The number of hydrogen-bond acceptors (Lipinski definition) is 3. The number of piperidine rings is 1. The van der Waals surface area contributed by atoms with Gasteiger partial charge in [0.2, 0.25) is 0 Å². The van der Waals surface area contributed by atoms with Gasteiger partial charge in [0, 0.05) is 29.2 Å². The Labute approximate surface area is 125 Å². The number of nitrogens with zero attached hydrogens (tertiary/aromatic N) is 1. The lowest BCUT2D eigenvalue weighted by Gasteiger charge is -2.34. The van der Waals surface area contributed by atoms with Crippen LogP contribution in [0.5, 0.6) is 0 Å². The van der Waals surface area contributed by atoms with E-state index in [1.807, 2.05) is 0 Å². The van der Waals surface area contributed by atoms with Crippen molar-refractivity contribution in [3.63, 3.8) is 0 Å². The lowest BCUT2D eigenvalue weighted by molar-refractivity contribution is 0.395. The summed E-state index contributed by atoms with van der Waals surface area (Å²) >= 11 is 6.97. The summed E-state index contributed by atoms with van der Waals surface area (Å²) in [6.07, 6.45) is 5.92. The van der Waals surface area contributed by atoms with Crippen LogP contribution in [0.1, 0.15) is 31.7 Å². The van der Waals surface area contributed by atoms with E-state index in [-0.39, 0.29) is 0 Å². The van der Waals surface area contributed by atoms with Crippen LogP contribution >= 0.6 is 24.0 Å². The predicted octanol–water partition coefficient (Wildman–Crippen LogP) is 3.67. The number of anilines is 1. The highest BCUT2D eigenvalue weighted by Gasteiger charge is 2.21. The van der Waals surface area contributed by atoms with Crippen LogP contribution in [-0.2, 0) is 0 Å². The molecule has 1 aliphatic rings. The van der Waals surface area contributed by atoms with E-state index in [1.165, 1.54) is 29.8 Å². The van der Waals surface area contributed by atoms with E-state index in [4.69, 9.17) is 18.0 Å². The van der Waals surface area contributed by atoms with Crippen molar-refractivity contribution in [1.29, 1.82) is 0 Å². The summed E-state index contributed by atoms with van der Waals surface area (Å²) in [4.78, 5) is 4.14. The van der Waals surface area contributed by atoms with Crippen molar-refractivity contribution in [3.05, 3.63) is 23.8 Å². The molecule has 2 N–H and O–H groups in total. The number of hydrogen-bond donors (Lipinski definition) is 1. The van der Waals surface area contributed by atoms with Crippen molar-refractivity contribution in [1.82, 2.24) is 0 Å². The Bertz CT molecular complexity index is 451. The van der Waals surface area contributed by atoms with Gasteiger partial charge >= 0.3 is 0 Å². The minimum absolute atomic E-state index is 0.512. The number of thioether (sulfide) groups is 1. The molecule has 0 unspecified atom stereocenters. The second-order valence-electron chi connectivity index (χ2n) is 5.06. The molecule has 0 aliphatic carbocycles. The summed E-state index contributed by atoms with van der Waals surface area (Å²) in [6, 6.07) is 6.36. The van der Waals surface area contributed by atoms with Crippen LogP contribution in [0.25, 0.3) is 0 Å². The molecule has 4 heteroatoms. The molecule has 1 heterocycles. The number of benzene rings is 1. The largest absolute Gasteiger partial charge is 0.389 e. The van der Waals surface area contributed by atoms with Crippen molar-refractivity contribution in [2.24, 2.45) is 11.7 Å². The van der Waals surface area contributed by atoms with Crippen LogP contribution in [0.15, 0.2) is 23.1 Å². The van der Waals surface area contributed by atoms with Crippen LogP contribution in [0.3, 0.4) is 0 Å². The van der Waals surface area contributed by atoms with Crippen LogP contribution in [0, 0.1) is 5.92 Å². The number of thiocarbonyl (C=S) groups is 1. The van der Waals surface area contributed by atoms with Gasteiger partial charge in [-0.25, -0.2) is 0 Å². The third-order valence-electron chi connectivity index (χ3n) is 4.00. The van der Waals surface area contributed by atoms with Gasteiger partial charge in [-0.1, -0.05) is 31.6 Å². The summed E-state index contributed by atoms with van der Waals surface area (Å²) in [7, 11) is 0. The first kappa shape index (κ1) is 14.7. The number of nitrogens with two attached hydrogens (primary N) is 1. The highest BCUT2D eigenvalue weighted by atomic mass is 32.2. The van der Waals surface area contributed by atoms with E-state index < -0.39 is 0 Å². The van der Waals surface area contributed by atoms with Crippen molar-refractivity contribution in [2.75, 3.05) is 24.2 Å². The van der Waals surface area contributed by atoms with Gasteiger partial charge in [-0.05, 0) is 37.1 Å². The van der Waals surface area contributed by atoms with E-state index >= 15 is 0 Å². The van der Waals surface area contributed by atoms with Gasteiger partial charge in [-0.2, -0.15) is 0 Å². The molecular formula is C15H22N2S2. The smallest absolute Gasteiger partial charge is 0.107 e. The zero-order chi connectivity index (χ0) is 13.8. The molecular weight excluding hydrogens is 272 g/mol. The molecule has 0 aromatic heterocycles. The molecule has 2 rings (SSSR count). The lowest BCUT2D eigenvalue weighted by atomic mass is 9.94. The first-order chi connectivity index (χ1) is 9.17. The summed E-state index contributed by atoms with van der Waals surface area (Å²) in [6.45, 7) is 4.52. The summed E-state index contributed by atoms with van der Waals surface area (Å²) in [5, 5.41) is 0. The highest BCUT2D eigenvalue weighted by Crippen LogP contribution is 2.32. The maximum Gasteiger partial charge on any atom is 0.107 e. The second kappa shape index (κ2) is 6.62. The van der Waals surface area contributed by atoms with E-state index in [0.29, 0.717) is 4.99 Å². The molecule has 0 spiro atoms. The Morgan fingerprint density at radius 2 is 2.11 bits per heavy atom. The van der Waals surface area contributed by atoms with Gasteiger partial charge in [-0.3, -0.25) is 0 Å². The van der Waals surface area contributed by atoms with E-state index in [1.54, 1.807) is 11.8 Å². The van der Waals surface area contributed by atoms with Gasteiger partial charge < -0.3 is 10.6 Å². The highest BCUT2D eigenvalue weighted by molar-refractivity contribution is 7.98. The molecule has 1 aromatic carbocycles. The molecule has 0 saturated carbocycles. The summed E-state index contributed by atoms with van der Waals surface area (Å²) < 4.78 is 0. The molecule has 1 fully saturated rings. The first-order valence-corrected chi connectivity index (χ1v) is 8.52. The normalized spacial score (nSPS) is 16.6. The SMILES string of the molecule is CCC1CCN(c2cccc(SC)c2C(N)=S)CC1. The van der Waals surface area contributed by atoms with Gasteiger partial charge in [0.15, 0.2) is 0 Å². The molecule has 2 nitrogen and oxygen atoms in total. The maximum atomic E-state index is 5.94. The van der Waals surface area contributed by atoms with Crippen LogP contribution in [0.4, 0.5) is 5.69 Å². The quantitative estimate of drug-likeness (QED) is 0.678. The summed E-state index contributed by atoms with van der Waals surface area (Å²) in [5.41, 5.74) is 8.21. The van der Waals surface area contributed by atoms with Crippen molar-refractivity contribution in [2.45, 2.75) is 31.1 Å². The molecule has 0 radical (unpaired) electrons. The van der Waals surface area contributed by atoms with Gasteiger partial charge in [0.05, 0.1) is 0 Å². The Morgan fingerprint density at radius 3 is 2.63 bits per heavy atom. The fraction of sp³-hybridized carbons (Fsp3) is 0.533. The van der Waals surface area contributed by atoms with E-state index in [0.717, 1.165) is 24.6 Å². The molecule has 19 heavy (non-hydrogen) atoms. The van der Waals surface area contributed by atoms with Crippen molar-refractivity contribution >= 4 is 34.7 Å². The second-order valence-corrected chi connectivity index (χ2v) is 6.35. The standard InChI is InChI=1S/C15H22N2S2/c1-3-11-7-9-17(10-8-11)12-5-4-6-13(19-2)14(12)15(16)18/h4-6,11H,3,7-10H2,1-2H3,(H2,16,18). The predicted molar refractivity (Wildman–Crippen MR) is 89.3 cm³/mol. The topological polar surface area (TPSA) is 29.3 Å². The molecule has 0 bridgehead atoms. The lowest BCUT2D eigenvalue weighted by Crippen LogP contribution is -2.35.